The Labute approximate surface area is 117 Å². The zero-order chi connectivity index (χ0) is 14.0. The first kappa shape index (κ1) is 13.9. The molecule has 0 bridgehead atoms. The number of urea groups is 1. The van der Waals surface area contributed by atoms with Crippen molar-refractivity contribution in [2.24, 2.45) is 5.92 Å². The third kappa shape index (κ3) is 3.07. The van der Waals surface area contributed by atoms with Crippen molar-refractivity contribution in [3.8, 4) is 0 Å². The third-order valence-electron chi connectivity index (χ3n) is 3.11. The second-order valence-electron chi connectivity index (χ2n) is 4.87. The SMILES string of the molecule is CC(C)C1C=CCN1C(=O)Nc1ccc(F)c(Cl)c1. The molecule has 102 valence electrons. The fourth-order valence-electron chi connectivity index (χ4n) is 2.11. The monoisotopic (exact) mass is 282 g/mol. The molecule has 19 heavy (non-hydrogen) atoms. The largest absolute Gasteiger partial charge is 0.322 e. The molecular weight excluding hydrogens is 267 g/mol. The van der Waals surface area contributed by atoms with Crippen molar-refractivity contribution in [3.05, 3.63) is 41.2 Å². The van der Waals surface area contributed by atoms with Crippen LogP contribution in [0.2, 0.25) is 5.02 Å². The van der Waals surface area contributed by atoms with Crippen LogP contribution in [0.3, 0.4) is 0 Å². The Bertz CT molecular complexity index is 516. The lowest BCUT2D eigenvalue weighted by molar-refractivity contribution is 0.199. The maximum atomic E-state index is 13.0. The molecule has 0 saturated heterocycles. The van der Waals surface area contributed by atoms with Crippen LogP contribution in [0.1, 0.15) is 13.8 Å². The van der Waals surface area contributed by atoms with E-state index in [1.165, 1.54) is 18.2 Å². The number of hydrogen-bond donors (Lipinski definition) is 1. The van der Waals surface area contributed by atoms with Gasteiger partial charge in [0.2, 0.25) is 0 Å². The predicted molar refractivity (Wildman–Crippen MR) is 74.9 cm³/mol. The molecule has 0 spiro atoms. The van der Waals surface area contributed by atoms with Gasteiger partial charge in [0.25, 0.3) is 0 Å². The van der Waals surface area contributed by atoms with Crippen LogP contribution in [-0.4, -0.2) is 23.5 Å². The molecule has 0 aliphatic carbocycles. The molecule has 5 heteroatoms. The molecule has 1 aromatic carbocycles. The average Bonchev–Trinajstić information content (AvgIpc) is 2.83. The standard InChI is InChI=1S/C14H16ClFN2O/c1-9(2)13-4-3-7-18(13)14(19)17-10-5-6-12(16)11(15)8-10/h3-6,8-9,13H,7H2,1-2H3,(H,17,19). The van der Waals surface area contributed by atoms with Gasteiger partial charge in [0.05, 0.1) is 11.1 Å². The minimum Gasteiger partial charge on any atom is -0.314 e. The molecular formula is C14H16ClFN2O. The Morgan fingerprint density at radius 2 is 2.26 bits per heavy atom. The van der Waals surface area contributed by atoms with Gasteiger partial charge in [0, 0.05) is 12.2 Å². The molecule has 1 aliphatic rings. The van der Waals surface area contributed by atoms with Gasteiger partial charge in [-0.15, -0.1) is 0 Å². The second kappa shape index (κ2) is 5.61. The molecule has 1 aliphatic heterocycles. The van der Waals surface area contributed by atoms with E-state index < -0.39 is 5.82 Å². The topological polar surface area (TPSA) is 32.3 Å². The fraction of sp³-hybridized carbons (Fsp3) is 0.357. The summed E-state index contributed by atoms with van der Waals surface area (Å²) >= 11 is 5.68. The van der Waals surface area contributed by atoms with Crippen molar-refractivity contribution < 1.29 is 9.18 Å². The van der Waals surface area contributed by atoms with Gasteiger partial charge in [0.1, 0.15) is 5.82 Å². The first-order valence-corrected chi connectivity index (χ1v) is 6.56. The lowest BCUT2D eigenvalue weighted by atomic mass is 10.1. The molecule has 0 saturated carbocycles. The Morgan fingerprint density at radius 3 is 2.89 bits per heavy atom. The summed E-state index contributed by atoms with van der Waals surface area (Å²) in [5.41, 5.74) is 0.491. The first-order valence-electron chi connectivity index (χ1n) is 6.18. The highest BCUT2D eigenvalue weighted by Gasteiger charge is 2.27. The quantitative estimate of drug-likeness (QED) is 0.820. The van der Waals surface area contributed by atoms with Gasteiger partial charge in [0.15, 0.2) is 0 Å². The van der Waals surface area contributed by atoms with Gasteiger partial charge in [-0.3, -0.25) is 0 Å². The van der Waals surface area contributed by atoms with E-state index in [1.807, 2.05) is 12.2 Å². The van der Waals surface area contributed by atoms with Crippen molar-refractivity contribution in [2.75, 3.05) is 11.9 Å². The fourth-order valence-corrected chi connectivity index (χ4v) is 2.29. The molecule has 2 rings (SSSR count). The number of rotatable bonds is 2. The van der Waals surface area contributed by atoms with Crippen molar-refractivity contribution in [1.82, 2.24) is 4.90 Å². The van der Waals surface area contributed by atoms with Crippen LogP contribution >= 0.6 is 11.6 Å². The summed E-state index contributed by atoms with van der Waals surface area (Å²) in [5, 5.41) is 2.73. The lowest BCUT2D eigenvalue weighted by Gasteiger charge is -2.27. The summed E-state index contributed by atoms with van der Waals surface area (Å²) in [6.07, 6.45) is 4.00. The van der Waals surface area contributed by atoms with E-state index in [0.717, 1.165) is 0 Å². The first-order chi connectivity index (χ1) is 8.99. The predicted octanol–water partition coefficient (Wildman–Crippen LogP) is 3.91. The molecule has 1 heterocycles. The van der Waals surface area contributed by atoms with Gasteiger partial charge in [-0.25, -0.2) is 9.18 Å². The van der Waals surface area contributed by atoms with Gasteiger partial charge >= 0.3 is 6.03 Å². The molecule has 1 aromatic rings. The molecule has 1 atom stereocenters. The van der Waals surface area contributed by atoms with Gasteiger partial charge in [-0.05, 0) is 24.1 Å². The van der Waals surface area contributed by atoms with Gasteiger partial charge < -0.3 is 10.2 Å². The van der Waals surface area contributed by atoms with Crippen LogP contribution in [0.5, 0.6) is 0 Å². The number of nitrogens with one attached hydrogen (secondary N) is 1. The van der Waals surface area contributed by atoms with Gasteiger partial charge in [-0.2, -0.15) is 0 Å². The zero-order valence-corrected chi connectivity index (χ0v) is 11.6. The Hall–Kier alpha value is -1.55. The summed E-state index contributed by atoms with van der Waals surface area (Å²) in [4.78, 5) is 13.9. The summed E-state index contributed by atoms with van der Waals surface area (Å²) in [7, 11) is 0. The van der Waals surface area contributed by atoms with E-state index >= 15 is 0 Å². The van der Waals surface area contributed by atoms with Crippen LogP contribution in [-0.2, 0) is 0 Å². The molecule has 2 amide bonds. The highest BCUT2D eigenvalue weighted by atomic mass is 35.5. The number of anilines is 1. The van der Waals surface area contributed by atoms with E-state index in [2.05, 4.69) is 19.2 Å². The van der Waals surface area contributed by atoms with Crippen LogP contribution in [0.4, 0.5) is 14.9 Å². The number of carbonyl (C=O) groups excluding carboxylic acids is 1. The minimum atomic E-state index is -0.498. The Morgan fingerprint density at radius 1 is 1.53 bits per heavy atom. The van der Waals surface area contributed by atoms with Crippen molar-refractivity contribution in [3.63, 3.8) is 0 Å². The molecule has 0 aromatic heterocycles. The zero-order valence-electron chi connectivity index (χ0n) is 10.9. The normalized spacial score (nSPS) is 18.2. The summed E-state index contributed by atoms with van der Waals surface area (Å²) in [6.45, 7) is 4.72. The summed E-state index contributed by atoms with van der Waals surface area (Å²) in [6, 6.07) is 4.03. The summed E-state index contributed by atoms with van der Waals surface area (Å²) < 4.78 is 13.0. The van der Waals surface area contributed by atoms with Crippen LogP contribution in [0.15, 0.2) is 30.4 Å². The van der Waals surface area contributed by atoms with Crippen LogP contribution in [0, 0.1) is 11.7 Å². The van der Waals surface area contributed by atoms with Gasteiger partial charge in [-0.1, -0.05) is 37.6 Å². The number of carbonyl (C=O) groups is 1. The third-order valence-corrected chi connectivity index (χ3v) is 3.40. The number of halogens is 2. The van der Waals surface area contributed by atoms with E-state index in [1.54, 1.807) is 4.90 Å². The maximum Gasteiger partial charge on any atom is 0.322 e. The van der Waals surface area contributed by atoms with E-state index in [4.69, 9.17) is 11.6 Å². The number of nitrogens with zero attached hydrogens (tertiary/aromatic N) is 1. The Kier molecular flexibility index (Phi) is 4.10. The smallest absolute Gasteiger partial charge is 0.314 e. The van der Waals surface area contributed by atoms with Crippen molar-refractivity contribution in [1.29, 1.82) is 0 Å². The van der Waals surface area contributed by atoms with Crippen molar-refractivity contribution >= 4 is 23.3 Å². The average molecular weight is 283 g/mol. The van der Waals surface area contributed by atoms with Crippen LogP contribution < -0.4 is 5.32 Å². The van der Waals surface area contributed by atoms with E-state index in [-0.39, 0.29) is 17.1 Å². The number of hydrogen-bond acceptors (Lipinski definition) is 1. The number of benzene rings is 1. The van der Waals surface area contributed by atoms with E-state index in [0.29, 0.717) is 18.2 Å². The molecule has 0 radical (unpaired) electrons. The Balaban J connectivity index is 2.07. The second-order valence-corrected chi connectivity index (χ2v) is 5.28. The maximum absolute atomic E-state index is 13.0. The molecule has 1 N–H and O–H groups in total. The van der Waals surface area contributed by atoms with E-state index in [9.17, 15) is 9.18 Å². The highest BCUT2D eigenvalue weighted by Crippen LogP contribution is 2.22. The molecule has 1 unspecified atom stereocenters. The van der Waals surface area contributed by atoms with Crippen molar-refractivity contribution in [2.45, 2.75) is 19.9 Å². The van der Waals surface area contributed by atoms with Crippen LogP contribution in [0.25, 0.3) is 0 Å². The highest BCUT2D eigenvalue weighted by molar-refractivity contribution is 6.31. The molecule has 3 nitrogen and oxygen atoms in total. The summed E-state index contributed by atoms with van der Waals surface area (Å²) in [5.74, 6) is -0.149. The minimum absolute atomic E-state index is 0.00208. The number of amides is 2. The molecule has 0 fully saturated rings. The lowest BCUT2D eigenvalue weighted by Crippen LogP contribution is -2.41.